The Labute approximate surface area is 149 Å². The second-order valence-corrected chi connectivity index (χ2v) is 7.45. The lowest BCUT2D eigenvalue weighted by atomic mass is 10.3. The first-order chi connectivity index (χ1) is 11.2. The Morgan fingerprint density at radius 3 is 2.67 bits per heavy atom. The lowest BCUT2D eigenvalue weighted by molar-refractivity contribution is -0.137. The monoisotopic (exact) mass is 395 g/mol. The molecule has 10 heteroatoms. The number of hydrogen-bond acceptors (Lipinski definition) is 5. The van der Waals surface area contributed by atoms with E-state index in [9.17, 15) is 18.0 Å². The van der Waals surface area contributed by atoms with Crippen LogP contribution in [-0.4, -0.2) is 28.2 Å². The minimum Gasteiger partial charge on any atom is -0.350 e. The molecule has 1 amide bonds. The number of thioether (sulfide) groups is 1. The van der Waals surface area contributed by atoms with Gasteiger partial charge in [0, 0.05) is 18.5 Å². The molecule has 0 aliphatic carbocycles. The molecular weight excluding hydrogens is 383 g/mol. The van der Waals surface area contributed by atoms with E-state index in [1.54, 1.807) is 6.92 Å². The van der Waals surface area contributed by atoms with Crippen LogP contribution in [0.1, 0.15) is 25.9 Å². The van der Waals surface area contributed by atoms with Crippen LogP contribution in [0.15, 0.2) is 17.3 Å². The van der Waals surface area contributed by atoms with Gasteiger partial charge in [0.1, 0.15) is 9.90 Å². The number of nitrogens with one attached hydrogen (secondary N) is 1. The van der Waals surface area contributed by atoms with Gasteiger partial charge in [-0.15, -0.1) is 23.1 Å². The highest BCUT2D eigenvalue weighted by Crippen LogP contribution is 2.33. The number of thiazole rings is 1. The Morgan fingerprint density at radius 1 is 1.42 bits per heavy atom. The van der Waals surface area contributed by atoms with E-state index in [1.807, 2.05) is 6.92 Å². The van der Waals surface area contributed by atoms with E-state index in [-0.39, 0.29) is 10.9 Å². The Balaban J connectivity index is 1.86. The number of amides is 1. The van der Waals surface area contributed by atoms with Crippen molar-refractivity contribution in [1.29, 1.82) is 0 Å². The lowest BCUT2D eigenvalue weighted by Gasteiger charge is -2.09. The molecule has 2 aromatic rings. The maximum absolute atomic E-state index is 12.5. The number of aryl methyl sites for hydroxylation is 2. The molecule has 2 aromatic heterocycles. The summed E-state index contributed by atoms with van der Waals surface area (Å²) in [5.41, 5.74) is -0.212. The number of rotatable bonds is 5. The van der Waals surface area contributed by atoms with Gasteiger partial charge < -0.3 is 5.32 Å². The van der Waals surface area contributed by atoms with Crippen molar-refractivity contribution in [2.24, 2.45) is 0 Å². The highest BCUT2D eigenvalue weighted by atomic mass is 35.5. The molecule has 0 spiro atoms. The topological polar surface area (TPSA) is 54.9 Å². The maximum atomic E-state index is 12.5. The molecule has 0 saturated heterocycles. The third kappa shape index (κ3) is 4.84. The van der Waals surface area contributed by atoms with Crippen molar-refractivity contribution >= 4 is 40.6 Å². The average molecular weight is 396 g/mol. The van der Waals surface area contributed by atoms with Crippen molar-refractivity contribution in [2.45, 2.75) is 25.0 Å². The number of hydrogen-bond donors (Lipinski definition) is 1. The predicted molar refractivity (Wildman–Crippen MR) is 88.9 cm³/mol. The van der Waals surface area contributed by atoms with Crippen LogP contribution in [0.2, 0.25) is 5.02 Å². The molecule has 0 radical (unpaired) electrons. The fourth-order valence-electron chi connectivity index (χ4n) is 1.82. The second kappa shape index (κ2) is 7.71. The molecule has 2 rings (SSSR count). The lowest BCUT2D eigenvalue weighted by Crippen LogP contribution is -2.25. The minimum atomic E-state index is -4.47. The second-order valence-electron chi connectivity index (χ2n) is 4.76. The maximum Gasteiger partial charge on any atom is 0.417 e. The van der Waals surface area contributed by atoms with Crippen molar-refractivity contribution in [3.05, 3.63) is 38.4 Å². The number of alkyl halides is 3. The van der Waals surface area contributed by atoms with Crippen molar-refractivity contribution in [1.82, 2.24) is 15.3 Å². The Kier molecular flexibility index (Phi) is 6.11. The van der Waals surface area contributed by atoms with Gasteiger partial charge in [-0.2, -0.15) is 13.2 Å². The number of halogens is 4. The van der Waals surface area contributed by atoms with Gasteiger partial charge >= 0.3 is 6.18 Å². The fourth-order valence-corrected chi connectivity index (χ4v) is 3.71. The van der Waals surface area contributed by atoms with Gasteiger partial charge in [0.15, 0.2) is 0 Å². The first-order valence-corrected chi connectivity index (χ1v) is 8.94. The Hall–Kier alpha value is -1.32. The SMILES string of the molecule is Cc1nc(C)c(C(=O)NCCSc2ncc(C(F)(F)F)cc2Cl)s1. The number of pyridine rings is 1. The van der Waals surface area contributed by atoms with Crippen molar-refractivity contribution in [3.8, 4) is 0 Å². The van der Waals surface area contributed by atoms with Gasteiger partial charge in [-0.3, -0.25) is 4.79 Å². The van der Waals surface area contributed by atoms with Crippen LogP contribution in [0.4, 0.5) is 13.2 Å². The summed E-state index contributed by atoms with van der Waals surface area (Å²) < 4.78 is 37.6. The van der Waals surface area contributed by atoms with E-state index < -0.39 is 11.7 Å². The molecule has 0 saturated carbocycles. The van der Waals surface area contributed by atoms with Gasteiger partial charge in [0.2, 0.25) is 0 Å². The van der Waals surface area contributed by atoms with Gasteiger partial charge in [-0.25, -0.2) is 9.97 Å². The zero-order chi connectivity index (χ0) is 17.9. The first kappa shape index (κ1) is 19.0. The number of aromatic nitrogens is 2. The largest absolute Gasteiger partial charge is 0.417 e. The van der Waals surface area contributed by atoms with E-state index in [2.05, 4.69) is 15.3 Å². The molecule has 0 unspecified atom stereocenters. The summed E-state index contributed by atoms with van der Waals surface area (Å²) >= 11 is 8.31. The van der Waals surface area contributed by atoms with Crippen LogP contribution in [0, 0.1) is 13.8 Å². The molecule has 4 nitrogen and oxygen atoms in total. The highest BCUT2D eigenvalue weighted by Gasteiger charge is 2.31. The Morgan fingerprint density at radius 2 is 2.12 bits per heavy atom. The third-order valence-electron chi connectivity index (χ3n) is 2.87. The number of nitrogens with zero attached hydrogens (tertiary/aromatic N) is 2. The van der Waals surface area contributed by atoms with Crippen molar-refractivity contribution in [3.63, 3.8) is 0 Å². The molecule has 1 N–H and O–H groups in total. The normalized spacial score (nSPS) is 11.6. The summed E-state index contributed by atoms with van der Waals surface area (Å²) in [6, 6.07) is 0.846. The molecule has 130 valence electrons. The zero-order valence-electron chi connectivity index (χ0n) is 12.7. The van der Waals surface area contributed by atoms with Crippen LogP contribution in [0.5, 0.6) is 0 Å². The van der Waals surface area contributed by atoms with Gasteiger partial charge in [0.05, 0.1) is 21.3 Å². The van der Waals surface area contributed by atoms with Crippen LogP contribution in [0.3, 0.4) is 0 Å². The zero-order valence-corrected chi connectivity index (χ0v) is 15.1. The fraction of sp³-hybridized carbons (Fsp3) is 0.357. The van der Waals surface area contributed by atoms with E-state index >= 15 is 0 Å². The van der Waals surface area contributed by atoms with E-state index in [0.717, 1.165) is 17.3 Å². The Bertz CT molecular complexity index is 749. The molecule has 0 fully saturated rings. The molecule has 0 bridgehead atoms. The summed E-state index contributed by atoms with van der Waals surface area (Å²) in [6.07, 6.45) is -3.73. The standard InChI is InChI=1S/C14H13ClF3N3OS2/c1-7-11(24-8(2)21-7)12(22)19-3-4-23-13-10(15)5-9(6-20-13)14(16,17)18/h5-6H,3-4H2,1-2H3,(H,19,22). The molecule has 0 aliphatic heterocycles. The van der Waals surface area contributed by atoms with Gasteiger partial charge in [-0.1, -0.05) is 11.6 Å². The summed E-state index contributed by atoms with van der Waals surface area (Å²) in [6.45, 7) is 3.92. The van der Waals surface area contributed by atoms with E-state index in [1.165, 1.54) is 23.1 Å². The quantitative estimate of drug-likeness (QED) is 0.604. The molecule has 0 aliphatic rings. The summed E-state index contributed by atoms with van der Waals surface area (Å²) in [5.74, 6) is 0.214. The summed E-state index contributed by atoms with van der Waals surface area (Å²) in [4.78, 5) is 20.5. The third-order valence-corrected chi connectivity index (χ3v) is 5.35. The summed E-state index contributed by atoms with van der Waals surface area (Å²) in [7, 11) is 0. The first-order valence-electron chi connectivity index (χ1n) is 6.76. The number of carbonyl (C=O) groups excluding carboxylic acids is 1. The smallest absolute Gasteiger partial charge is 0.350 e. The molecule has 0 atom stereocenters. The van der Waals surface area contributed by atoms with Gasteiger partial charge in [-0.05, 0) is 19.9 Å². The average Bonchev–Trinajstić information content (AvgIpc) is 2.82. The van der Waals surface area contributed by atoms with Crippen molar-refractivity contribution < 1.29 is 18.0 Å². The highest BCUT2D eigenvalue weighted by molar-refractivity contribution is 7.99. The van der Waals surface area contributed by atoms with E-state index in [4.69, 9.17) is 11.6 Å². The van der Waals surface area contributed by atoms with Crippen molar-refractivity contribution in [2.75, 3.05) is 12.3 Å². The molecule has 0 aromatic carbocycles. The van der Waals surface area contributed by atoms with Crippen LogP contribution < -0.4 is 5.32 Å². The van der Waals surface area contributed by atoms with Crippen LogP contribution in [0.25, 0.3) is 0 Å². The van der Waals surface area contributed by atoms with Gasteiger partial charge in [0.25, 0.3) is 5.91 Å². The minimum absolute atomic E-state index is 0.0601. The molecule has 2 heterocycles. The molecular formula is C14H13ClF3N3OS2. The van der Waals surface area contributed by atoms with E-state index in [0.29, 0.717) is 27.9 Å². The molecule has 24 heavy (non-hydrogen) atoms. The van der Waals surface area contributed by atoms with Crippen LogP contribution >= 0.6 is 34.7 Å². The predicted octanol–water partition coefficient (Wildman–Crippen LogP) is 4.35. The number of carbonyl (C=O) groups is 1. The van der Waals surface area contributed by atoms with Crippen LogP contribution in [-0.2, 0) is 6.18 Å². The summed E-state index contributed by atoms with van der Waals surface area (Å²) in [5, 5.41) is 3.79.